The van der Waals surface area contributed by atoms with E-state index in [2.05, 4.69) is 5.32 Å². The van der Waals surface area contributed by atoms with Crippen LogP contribution in [-0.2, 0) is 17.9 Å². The molecule has 1 amide bonds. The van der Waals surface area contributed by atoms with Gasteiger partial charge in [0.2, 0.25) is 12.7 Å². The van der Waals surface area contributed by atoms with Gasteiger partial charge in [0.1, 0.15) is 0 Å². The molecule has 0 spiro atoms. The highest BCUT2D eigenvalue weighted by Gasteiger charge is 2.19. The Morgan fingerprint density at radius 1 is 1.12 bits per heavy atom. The van der Waals surface area contributed by atoms with Crippen molar-refractivity contribution in [3.63, 3.8) is 0 Å². The summed E-state index contributed by atoms with van der Waals surface area (Å²) in [5.41, 5.74) is 1.96. The molecule has 2 aromatic rings. The number of carbonyl (C=O) groups is 1. The first-order valence-corrected chi connectivity index (χ1v) is 9.00. The molecule has 26 heavy (non-hydrogen) atoms. The number of carbonyl (C=O) groups excluding carboxylic acids is 1. The Morgan fingerprint density at radius 2 is 1.85 bits per heavy atom. The molecule has 1 atom stereocenters. The molecule has 1 heterocycles. The van der Waals surface area contributed by atoms with Gasteiger partial charge in [-0.3, -0.25) is 9.69 Å². The Balaban J connectivity index is 1.54. The first-order valence-electron chi connectivity index (χ1n) is 8.24. The van der Waals surface area contributed by atoms with E-state index in [1.54, 1.807) is 6.07 Å². The molecule has 0 saturated carbocycles. The largest absolute Gasteiger partial charge is 0.454 e. The number of fused-ring (bicyclic) bond motifs is 1. The van der Waals surface area contributed by atoms with Gasteiger partial charge in [-0.1, -0.05) is 35.3 Å². The average Bonchev–Trinajstić information content (AvgIpc) is 3.09. The summed E-state index contributed by atoms with van der Waals surface area (Å²) in [7, 11) is 1.90. The molecule has 0 saturated heterocycles. The molecular weight excluding hydrogens is 375 g/mol. The van der Waals surface area contributed by atoms with Crippen LogP contribution in [0.4, 0.5) is 0 Å². The Hall–Kier alpha value is -1.95. The van der Waals surface area contributed by atoms with Gasteiger partial charge in [-0.15, -0.1) is 0 Å². The summed E-state index contributed by atoms with van der Waals surface area (Å²) >= 11 is 12.0. The summed E-state index contributed by atoms with van der Waals surface area (Å²) < 4.78 is 10.6. The maximum Gasteiger partial charge on any atom is 0.237 e. The monoisotopic (exact) mass is 394 g/mol. The Kier molecular flexibility index (Phi) is 5.91. The van der Waals surface area contributed by atoms with Gasteiger partial charge in [0.25, 0.3) is 0 Å². The summed E-state index contributed by atoms with van der Waals surface area (Å²) in [6, 6.07) is 10.8. The normalized spacial score (nSPS) is 13.7. The van der Waals surface area contributed by atoms with Crippen LogP contribution in [0.1, 0.15) is 18.1 Å². The molecule has 5 nitrogen and oxygen atoms in total. The number of amides is 1. The van der Waals surface area contributed by atoms with Gasteiger partial charge in [-0.2, -0.15) is 0 Å². The molecule has 7 heteroatoms. The molecule has 2 aromatic carbocycles. The van der Waals surface area contributed by atoms with Crippen molar-refractivity contribution in [2.45, 2.75) is 26.1 Å². The highest BCUT2D eigenvalue weighted by molar-refractivity contribution is 6.42. The van der Waals surface area contributed by atoms with Gasteiger partial charge in [-0.25, -0.2) is 0 Å². The van der Waals surface area contributed by atoms with Gasteiger partial charge < -0.3 is 14.8 Å². The second-order valence-electron chi connectivity index (χ2n) is 6.24. The van der Waals surface area contributed by atoms with E-state index in [9.17, 15) is 4.79 Å². The molecule has 0 aliphatic carbocycles. The lowest BCUT2D eigenvalue weighted by Gasteiger charge is -2.24. The number of halogens is 2. The lowest BCUT2D eigenvalue weighted by molar-refractivity contribution is -0.125. The van der Waals surface area contributed by atoms with Crippen LogP contribution < -0.4 is 14.8 Å². The SMILES string of the molecule is C[C@H](C(=O)NCc1ccc2c(c1)OCO2)N(C)Cc1ccc(Cl)c(Cl)c1. The predicted octanol–water partition coefficient (Wildman–Crippen LogP) is 3.86. The van der Waals surface area contributed by atoms with Gasteiger partial charge in [0.15, 0.2) is 11.5 Å². The van der Waals surface area contributed by atoms with Gasteiger partial charge in [-0.05, 0) is 49.4 Å². The first kappa shape index (κ1) is 18.8. The number of hydrogen-bond acceptors (Lipinski definition) is 4. The zero-order chi connectivity index (χ0) is 18.7. The highest BCUT2D eigenvalue weighted by atomic mass is 35.5. The highest BCUT2D eigenvalue weighted by Crippen LogP contribution is 2.32. The second-order valence-corrected chi connectivity index (χ2v) is 7.06. The van der Waals surface area contributed by atoms with Gasteiger partial charge in [0.05, 0.1) is 16.1 Å². The minimum absolute atomic E-state index is 0.0507. The van der Waals surface area contributed by atoms with E-state index in [1.807, 2.05) is 49.2 Å². The third-order valence-corrected chi connectivity index (χ3v) is 5.10. The van der Waals surface area contributed by atoms with Crippen molar-refractivity contribution in [3.05, 3.63) is 57.6 Å². The van der Waals surface area contributed by atoms with Crippen LogP contribution in [0.3, 0.4) is 0 Å². The van der Waals surface area contributed by atoms with E-state index >= 15 is 0 Å². The zero-order valence-electron chi connectivity index (χ0n) is 14.6. The van der Waals surface area contributed by atoms with Crippen molar-refractivity contribution in [1.82, 2.24) is 10.2 Å². The molecule has 1 aliphatic rings. The Bertz CT molecular complexity index is 813. The molecule has 0 aromatic heterocycles. The molecule has 0 bridgehead atoms. The molecule has 0 fully saturated rings. The standard InChI is InChI=1S/C19H20Cl2N2O3/c1-12(23(2)10-14-3-5-15(20)16(21)7-14)19(24)22-9-13-4-6-17-18(8-13)26-11-25-17/h3-8,12H,9-11H2,1-2H3,(H,22,24)/t12-/m1/s1. The van der Waals surface area contributed by atoms with Gasteiger partial charge >= 0.3 is 0 Å². The molecule has 1 N–H and O–H groups in total. The van der Waals surface area contributed by atoms with Crippen molar-refractivity contribution in [2.24, 2.45) is 0 Å². The number of nitrogens with zero attached hydrogens (tertiary/aromatic N) is 1. The summed E-state index contributed by atoms with van der Waals surface area (Å²) in [6.07, 6.45) is 0. The molecule has 1 aliphatic heterocycles. The van der Waals surface area contributed by atoms with Crippen LogP contribution in [0.15, 0.2) is 36.4 Å². The van der Waals surface area contributed by atoms with Crippen molar-refractivity contribution in [3.8, 4) is 11.5 Å². The Morgan fingerprint density at radius 3 is 2.62 bits per heavy atom. The molecular formula is C19H20Cl2N2O3. The number of benzene rings is 2. The fraction of sp³-hybridized carbons (Fsp3) is 0.316. The van der Waals surface area contributed by atoms with Crippen molar-refractivity contribution >= 4 is 29.1 Å². The maximum absolute atomic E-state index is 12.4. The Labute approximate surface area is 162 Å². The average molecular weight is 395 g/mol. The fourth-order valence-corrected chi connectivity index (χ4v) is 2.97. The molecule has 0 unspecified atom stereocenters. The van der Waals surface area contributed by atoms with Crippen molar-refractivity contribution in [1.29, 1.82) is 0 Å². The van der Waals surface area contributed by atoms with E-state index in [1.165, 1.54) is 0 Å². The molecule has 3 rings (SSSR count). The van der Waals surface area contributed by atoms with Crippen molar-refractivity contribution < 1.29 is 14.3 Å². The minimum Gasteiger partial charge on any atom is -0.454 e. The number of rotatable bonds is 6. The molecule has 138 valence electrons. The summed E-state index contributed by atoms with van der Waals surface area (Å²) in [4.78, 5) is 14.4. The predicted molar refractivity (Wildman–Crippen MR) is 102 cm³/mol. The number of nitrogens with one attached hydrogen (secondary N) is 1. The van der Waals surface area contributed by atoms with Crippen LogP contribution >= 0.6 is 23.2 Å². The van der Waals surface area contributed by atoms with E-state index in [4.69, 9.17) is 32.7 Å². The van der Waals surface area contributed by atoms with Crippen LogP contribution in [0.5, 0.6) is 11.5 Å². The van der Waals surface area contributed by atoms with Crippen LogP contribution in [0, 0.1) is 0 Å². The number of hydrogen-bond donors (Lipinski definition) is 1. The number of ether oxygens (including phenoxy) is 2. The number of likely N-dealkylation sites (N-methyl/N-ethyl adjacent to an activating group) is 1. The van der Waals surface area contributed by atoms with E-state index < -0.39 is 0 Å². The fourth-order valence-electron chi connectivity index (χ4n) is 2.65. The van der Waals surface area contributed by atoms with Crippen LogP contribution in [0.25, 0.3) is 0 Å². The van der Waals surface area contributed by atoms with Crippen molar-refractivity contribution in [2.75, 3.05) is 13.8 Å². The van der Waals surface area contributed by atoms with Crippen LogP contribution in [-0.4, -0.2) is 30.7 Å². The maximum atomic E-state index is 12.4. The third-order valence-electron chi connectivity index (χ3n) is 4.36. The third kappa shape index (κ3) is 4.41. The zero-order valence-corrected chi connectivity index (χ0v) is 16.1. The van der Waals surface area contributed by atoms with E-state index in [0.717, 1.165) is 16.9 Å². The first-order chi connectivity index (χ1) is 12.4. The minimum atomic E-state index is -0.293. The summed E-state index contributed by atoms with van der Waals surface area (Å²) in [5, 5.41) is 3.99. The topological polar surface area (TPSA) is 50.8 Å². The van der Waals surface area contributed by atoms with Gasteiger partial charge in [0, 0.05) is 13.1 Å². The lowest BCUT2D eigenvalue weighted by atomic mass is 10.1. The lowest BCUT2D eigenvalue weighted by Crippen LogP contribution is -2.42. The molecule has 0 radical (unpaired) electrons. The smallest absolute Gasteiger partial charge is 0.237 e. The summed E-state index contributed by atoms with van der Waals surface area (Å²) in [6.45, 7) is 3.13. The summed E-state index contributed by atoms with van der Waals surface area (Å²) in [5.74, 6) is 1.39. The van der Waals surface area contributed by atoms with E-state index in [-0.39, 0.29) is 18.7 Å². The van der Waals surface area contributed by atoms with Crippen LogP contribution in [0.2, 0.25) is 10.0 Å². The van der Waals surface area contributed by atoms with E-state index in [0.29, 0.717) is 28.9 Å². The second kappa shape index (κ2) is 8.16. The quantitative estimate of drug-likeness (QED) is 0.807.